The van der Waals surface area contributed by atoms with Gasteiger partial charge in [0.05, 0.1) is 12.1 Å². The molecule has 1 rings (SSSR count). The largest absolute Gasteiger partial charge is 0.478 e. The van der Waals surface area contributed by atoms with E-state index in [2.05, 4.69) is 5.32 Å². The van der Waals surface area contributed by atoms with Crippen molar-refractivity contribution in [3.05, 3.63) is 29.8 Å². The lowest BCUT2D eigenvalue weighted by molar-refractivity contribution is -0.126. The van der Waals surface area contributed by atoms with Gasteiger partial charge in [-0.2, -0.15) is 0 Å². The Morgan fingerprint density at radius 1 is 1.25 bits per heavy atom. The molecular formula is C11H14N2O3. The Labute approximate surface area is 93.7 Å². The Morgan fingerprint density at radius 3 is 2.25 bits per heavy atom. The highest BCUT2D eigenvalue weighted by atomic mass is 16.4. The van der Waals surface area contributed by atoms with Gasteiger partial charge in [0.25, 0.3) is 0 Å². The summed E-state index contributed by atoms with van der Waals surface area (Å²) in [5.41, 5.74) is 0.949. The lowest BCUT2D eigenvalue weighted by Gasteiger charge is -2.11. The number of benzene rings is 1. The summed E-state index contributed by atoms with van der Waals surface area (Å²) < 4.78 is 0. The number of carbonyl (C=O) groups excluding carboxylic acids is 1. The number of carboxylic acid groups (broad SMARTS) is 1. The maximum absolute atomic E-state index is 11.3. The standard InChI is InChI=1S/C11H14N2O3/c1-13(2)10(14)7-12-9-5-3-8(4-6-9)11(15)16/h3-6,12H,7H2,1-2H3,(H,15,16). The molecule has 0 spiro atoms. The molecule has 5 heteroatoms. The first-order valence-corrected chi connectivity index (χ1v) is 4.78. The summed E-state index contributed by atoms with van der Waals surface area (Å²) in [7, 11) is 3.36. The minimum absolute atomic E-state index is 0.0395. The first-order chi connectivity index (χ1) is 7.50. The molecule has 16 heavy (non-hydrogen) atoms. The van der Waals surface area contributed by atoms with Gasteiger partial charge >= 0.3 is 5.97 Å². The fraction of sp³-hybridized carbons (Fsp3) is 0.273. The fourth-order valence-electron chi connectivity index (χ4n) is 1.07. The third kappa shape index (κ3) is 3.27. The van der Waals surface area contributed by atoms with E-state index in [-0.39, 0.29) is 18.0 Å². The van der Waals surface area contributed by atoms with E-state index in [4.69, 9.17) is 5.11 Å². The van der Waals surface area contributed by atoms with Gasteiger partial charge in [-0.05, 0) is 24.3 Å². The van der Waals surface area contributed by atoms with Gasteiger partial charge in [-0.1, -0.05) is 0 Å². The number of rotatable bonds is 4. The van der Waals surface area contributed by atoms with Crippen LogP contribution < -0.4 is 5.32 Å². The molecule has 1 aromatic carbocycles. The van der Waals surface area contributed by atoms with E-state index in [1.807, 2.05) is 0 Å². The number of carboxylic acids is 1. The van der Waals surface area contributed by atoms with Crippen molar-refractivity contribution in [1.82, 2.24) is 4.90 Å². The minimum Gasteiger partial charge on any atom is -0.478 e. The van der Waals surface area contributed by atoms with Gasteiger partial charge in [0.1, 0.15) is 0 Å². The minimum atomic E-state index is -0.962. The second-order valence-corrected chi connectivity index (χ2v) is 3.52. The van der Waals surface area contributed by atoms with Crippen LogP contribution in [-0.4, -0.2) is 42.5 Å². The fourth-order valence-corrected chi connectivity index (χ4v) is 1.07. The van der Waals surface area contributed by atoms with Crippen LogP contribution in [0.15, 0.2) is 24.3 Å². The summed E-state index contributed by atoms with van der Waals surface area (Å²) in [4.78, 5) is 23.3. The number of hydrogen-bond donors (Lipinski definition) is 2. The highest BCUT2D eigenvalue weighted by Crippen LogP contribution is 2.09. The molecule has 0 fully saturated rings. The first kappa shape index (κ1) is 12.0. The summed E-state index contributed by atoms with van der Waals surface area (Å²) >= 11 is 0. The van der Waals surface area contributed by atoms with E-state index >= 15 is 0 Å². The molecule has 0 heterocycles. The number of aromatic carboxylic acids is 1. The summed E-state index contributed by atoms with van der Waals surface area (Å²) in [5.74, 6) is -1.00. The number of hydrogen-bond acceptors (Lipinski definition) is 3. The molecule has 0 unspecified atom stereocenters. The number of anilines is 1. The summed E-state index contributed by atoms with van der Waals surface area (Å²) in [6.45, 7) is 0.194. The first-order valence-electron chi connectivity index (χ1n) is 4.78. The van der Waals surface area contributed by atoms with Gasteiger partial charge in [0, 0.05) is 19.8 Å². The van der Waals surface area contributed by atoms with Gasteiger partial charge in [0.2, 0.25) is 5.91 Å². The SMILES string of the molecule is CN(C)C(=O)CNc1ccc(C(=O)O)cc1. The van der Waals surface area contributed by atoms with Crippen molar-refractivity contribution in [3.63, 3.8) is 0 Å². The zero-order valence-electron chi connectivity index (χ0n) is 9.23. The normalized spacial score (nSPS) is 9.62. The molecule has 0 aromatic heterocycles. The Morgan fingerprint density at radius 2 is 1.81 bits per heavy atom. The van der Waals surface area contributed by atoms with E-state index < -0.39 is 5.97 Å². The van der Waals surface area contributed by atoms with Gasteiger partial charge < -0.3 is 15.3 Å². The molecular weight excluding hydrogens is 208 g/mol. The predicted molar refractivity (Wildman–Crippen MR) is 60.6 cm³/mol. The monoisotopic (exact) mass is 222 g/mol. The van der Waals surface area contributed by atoms with Gasteiger partial charge in [-0.15, -0.1) is 0 Å². The molecule has 0 saturated carbocycles. The van der Waals surface area contributed by atoms with Crippen molar-refractivity contribution >= 4 is 17.6 Å². The van der Waals surface area contributed by atoms with Crippen LogP contribution in [0, 0.1) is 0 Å². The summed E-state index contributed by atoms with van der Waals surface area (Å²) in [6, 6.07) is 6.24. The maximum atomic E-state index is 11.3. The van der Waals surface area contributed by atoms with Crippen LogP contribution in [0.2, 0.25) is 0 Å². The highest BCUT2D eigenvalue weighted by Gasteiger charge is 2.04. The molecule has 2 N–H and O–H groups in total. The molecule has 0 aliphatic rings. The molecule has 86 valence electrons. The lowest BCUT2D eigenvalue weighted by Crippen LogP contribution is -2.28. The van der Waals surface area contributed by atoms with Crippen molar-refractivity contribution in [2.75, 3.05) is 26.0 Å². The van der Waals surface area contributed by atoms with Crippen LogP contribution in [0.4, 0.5) is 5.69 Å². The number of likely N-dealkylation sites (N-methyl/N-ethyl adjacent to an activating group) is 1. The van der Waals surface area contributed by atoms with Gasteiger partial charge in [-0.25, -0.2) is 4.79 Å². The maximum Gasteiger partial charge on any atom is 0.335 e. The Kier molecular flexibility index (Phi) is 3.88. The van der Waals surface area contributed by atoms with Crippen LogP contribution in [0.1, 0.15) is 10.4 Å². The van der Waals surface area contributed by atoms with E-state index in [1.54, 1.807) is 26.2 Å². The third-order valence-electron chi connectivity index (χ3n) is 2.07. The third-order valence-corrected chi connectivity index (χ3v) is 2.07. The van der Waals surface area contributed by atoms with Crippen molar-refractivity contribution in [2.45, 2.75) is 0 Å². The molecule has 1 aromatic rings. The predicted octanol–water partition coefficient (Wildman–Crippen LogP) is 0.885. The average molecular weight is 222 g/mol. The quantitative estimate of drug-likeness (QED) is 0.793. The second kappa shape index (κ2) is 5.16. The van der Waals surface area contributed by atoms with Crippen molar-refractivity contribution in [1.29, 1.82) is 0 Å². The molecule has 0 atom stereocenters. The molecule has 0 aliphatic heterocycles. The second-order valence-electron chi connectivity index (χ2n) is 3.52. The van der Waals surface area contributed by atoms with E-state index in [9.17, 15) is 9.59 Å². The Bertz CT molecular complexity index is 385. The molecule has 5 nitrogen and oxygen atoms in total. The Hall–Kier alpha value is -2.04. The zero-order valence-corrected chi connectivity index (χ0v) is 9.23. The van der Waals surface area contributed by atoms with Gasteiger partial charge in [-0.3, -0.25) is 4.79 Å². The molecule has 0 saturated heterocycles. The van der Waals surface area contributed by atoms with Crippen molar-refractivity contribution < 1.29 is 14.7 Å². The van der Waals surface area contributed by atoms with E-state index in [0.29, 0.717) is 0 Å². The smallest absolute Gasteiger partial charge is 0.335 e. The highest BCUT2D eigenvalue weighted by molar-refractivity contribution is 5.88. The summed E-state index contributed by atoms with van der Waals surface area (Å²) in [5, 5.41) is 11.6. The number of nitrogens with one attached hydrogen (secondary N) is 1. The number of amides is 1. The zero-order chi connectivity index (χ0) is 12.1. The van der Waals surface area contributed by atoms with Crippen LogP contribution in [-0.2, 0) is 4.79 Å². The van der Waals surface area contributed by atoms with Crippen LogP contribution in [0.5, 0.6) is 0 Å². The topological polar surface area (TPSA) is 69.6 Å². The molecule has 0 radical (unpaired) electrons. The molecule has 0 aliphatic carbocycles. The lowest BCUT2D eigenvalue weighted by atomic mass is 10.2. The van der Waals surface area contributed by atoms with Gasteiger partial charge in [0.15, 0.2) is 0 Å². The summed E-state index contributed by atoms with van der Waals surface area (Å²) in [6.07, 6.45) is 0. The molecule has 0 bridgehead atoms. The van der Waals surface area contributed by atoms with Crippen LogP contribution in [0.3, 0.4) is 0 Å². The number of nitrogens with zero attached hydrogens (tertiary/aromatic N) is 1. The van der Waals surface area contributed by atoms with E-state index in [0.717, 1.165) is 5.69 Å². The van der Waals surface area contributed by atoms with Crippen molar-refractivity contribution in [2.24, 2.45) is 0 Å². The average Bonchev–Trinajstić information content (AvgIpc) is 2.26. The van der Waals surface area contributed by atoms with Crippen molar-refractivity contribution in [3.8, 4) is 0 Å². The number of carbonyl (C=O) groups is 2. The Balaban J connectivity index is 2.56. The van der Waals surface area contributed by atoms with Crippen LogP contribution in [0.25, 0.3) is 0 Å². The molecule has 1 amide bonds. The van der Waals surface area contributed by atoms with E-state index in [1.165, 1.54) is 17.0 Å². The van der Waals surface area contributed by atoms with Crippen LogP contribution >= 0.6 is 0 Å².